The fourth-order valence-corrected chi connectivity index (χ4v) is 10.3. The van der Waals surface area contributed by atoms with Crippen LogP contribution < -0.4 is 11.2 Å². The highest BCUT2D eigenvalue weighted by atomic mass is 32.1. The van der Waals surface area contributed by atoms with Gasteiger partial charge in [0.15, 0.2) is 11.4 Å². The lowest BCUT2D eigenvalue weighted by molar-refractivity contribution is -0.284. The second-order valence-corrected chi connectivity index (χ2v) is 14.6. The van der Waals surface area contributed by atoms with Crippen LogP contribution in [0.5, 0.6) is 0 Å². The minimum absolute atomic E-state index is 0.0182. The van der Waals surface area contributed by atoms with Gasteiger partial charge in [0.05, 0.1) is 29.5 Å². The van der Waals surface area contributed by atoms with Crippen LogP contribution in [0.25, 0.3) is 0 Å². The second-order valence-electron chi connectivity index (χ2n) is 14.1. The number of thiocarbonyl (C=S) groups is 1. The summed E-state index contributed by atoms with van der Waals surface area (Å²) in [6.07, 6.45) is 7.39. The summed E-state index contributed by atoms with van der Waals surface area (Å²) in [4.78, 5) is 11.9. The minimum atomic E-state index is -1.13. The Balaban J connectivity index is 1.27. The minimum Gasteiger partial charge on any atom is -0.458 e. The van der Waals surface area contributed by atoms with E-state index in [9.17, 15) is 20.1 Å². The molecule has 6 aliphatic rings. The lowest BCUT2D eigenvalue weighted by Crippen LogP contribution is -2.69. The molecule has 4 saturated carbocycles. The summed E-state index contributed by atoms with van der Waals surface area (Å²) in [6.45, 7) is 4.29. The number of esters is 1. The number of hydrazone groups is 1. The van der Waals surface area contributed by atoms with Crippen LogP contribution >= 0.6 is 12.2 Å². The quantitative estimate of drug-likeness (QED) is 0.0969. The van der Waals surface area contributed by atoms with E-state index in [-0.39, 0.29) is 41.0 Å². The molecule has 2 aliphatic heterocycles. The van der Waals surface area contributed by atoms with Crippen molar-refractivity contribution < 1.29 is 39.1 Å². The van der Waals surface area contributed by atoms with Gasteiger partial charge in [-0.25, -0.2) is 4.79 Å². The van der Waals surface area contributed by atoms with Crippen molar-refractivity contribution >= 4 is 29.5 Å². The van der Waals surface area contributed by atoms with Gasteiger partial charge >= 0.3 is 5.97 Å². The molecule has 0 radical (unpaired) electrons. The molecule has 0 aromatic rings. The molecule has 43 heavy (non-hydrogen) atoms. The van der Waals surface area contributed by atoms with Crippen molar-refractivity contribution in [2.24, 2.45) is 39.4 Å². The molecule has 240 valence electrons. The van der Waals surface area contributed by atoms with Gasteiger partial charge in [0.2, 0.25) is 0 Å². The molecule has 6 N–H and O–H groups in total. The van der Waals surface area contributed by atoms with Crippen LogP contribution in [0.3, 0.4) is 0 Å². The number of ether oxygens (including phenoxy) is 4. The molecule has 6 rings (SSSR count). The van der Waals surface area contributed by atoms with Gasteiger partial charge in [-0.2, -0.15) is 5.10 Å². The molecule has 0 unspecified atom stereocenters. The SMILES string of the molecule is CO[C@@H]1C[C@H](O[C@@H]2CC[C@]3(/C=N/NC(N)=S)[C@H]4CC[C@]5(C)[C@H](C6=CC(=O)OC6)CC[C@]5(O)[C@@H]4CC[C@]3(O)C2)O[C@H](C)[C@H]1O. The first-order chi connectivity index (χ1) is 20.4. The third-order valence-corrected chi connectivity index (χ3v) is 12.5. The van der Waals surface area contributed by atoms with E-state index in [1.165, 1.54) is 0 Å². The average Bonchev–Trinajstić information content (AvgIpc) is 3.50. The zero-order chi connectivity index (χ0) is 30.8. The molecule has 11 nitrogen and oxygen atoms in total. The van der Waals surface area contributed by atoms with E-state index in [0.29, 0.717) is 51.6 Å². The van der Waals surface area contributed by atoms with Crippen molar-refractivity contribution in [1.29, 1.82) is 0 Å². The Labute approximate surface area is 258 Å². The number of carbonyl (C=O) groups is 1. The summed E-state index contributed by atoms with van der Waals surface area (Å²) in [5, 5.41) is 40.1. The molecular weight excluding hydrogens is 574 g/mol. The first-order valence-electron chi connectivity index (χ1n) is 15.8. The fraction of sp³-hybridized carbons (Fsp3) is 0.839. The third kappa shape index (κ3) is 4.96. The number of hydrogen-bond acceptors (Lipinski definition) is 10. The Bertz CT molecular complexity index is 1190. The van der Waals surface area contributed by atoms with E-state index in [0.717, 1.165) is 24.8 Å². The molecule has 12 heteroatoms. The highest BCUT2D eigenvalue weighted by molar-refractivity contribution is 7.80. The van der Waals surface area contributed by atoms with Gasteiger partial charge in [0, 0.05) is 43.1 Å². The smallest absolute Gasteiger partial charge is 0.331 e. The van der Waals surface area contributed by atoms with Crippen LogP contribution in [-0.2, 0) is 23.7 Å². The van der Waals surface area contributed by atoms with Crippen molar-refractivity contribution in [3.63, 3.8) is 0 Å². The predicted molar refractivity (Wildman–Crippen MR) is 161 cm³/mol. The number of cyclic esters (lactones) is 1. The summed E-state index contributed by atoms with van der Waals surface area (Å²) >= 11 is 5.01. The molecule has 12 atom stereocenters. The number of carbonyl (C=O) groups excluding carboxylic acids is 1. The molecule has 0 spiro atoms. The van der Waals surface area contributed by atoms with Gasteiger partial charge in [-0.05, 0) is 93.8 Å². The zero-order valence-electron chi connectivity index (χ0n) is 25.4. The van der Waals surface area contributed by atoms with Crippen LogP contribution in [-0.4, -0.2) is 88.2 Å². The van der Waals surface area contributed by atoms with E-state index in [4.69, 9.17) is 36.9 Å². The fourth-order valence-electron chi connectivity index (χ4n) is 10.2. The molecule has 0 bridgehead atoms. The van der Waals surface area contributed by atoms with E-state index in [1.54, 1.807) is 13.2 Å². The molecule has 5 fully saturated rings. The van der Waals surface area contributed by atoms with Crippen LogP contribution in [0.1, 0.15) is 78.1 Å². The summed E-state index contributed by atoms with van der Waals surface area (Å²) < 4.78 is 23.1. The van der Waals surface area contributed by atoms with Crippen LogP contribution in [0.2, 0.25) is 0 Å². The largest absolute Gasteiger partial charge is 0.458 e. The van der Waals surface area contributed by atoms with E-state index in [1.807, 2.05) is 13.1 Å². The van der Waals surface area contributed by atoms with Crippen LogP contribution in [0.4, 0.5) is 0 Å². The van der Waals surface area contributed by atoms with Gasteiger partial charge in [-0.1, -0.05) is 6.92 Å². The Morgan fingerprint density at radius 2 is 1.95 bits per heavy atom. The number of nitrogens with one attached hydrogen (secondary N) is 1. The maximum atomic E-state index is 12.6. The van der Waals surface area contributed by atoms with Crippen molar-refractivity contribution in [1.82, 2.24) is 5.43 Å². The number of hydrogen-bond donors (Lipinski definition) is 5. The molecule has 0 aromatic heterocycles. The maximum absolute atomic E-state index is 12.6. The highest BCUT2D eigenvalue weighted by Crippen LogP contribution is 2.70. The number of nitrogens with two attached hydrogens (primary N) is 1. The van der Waals surface area contributed by atoms with E-state index in [2.05, 4.69) is 17.5 Å². The predicted octanol–water partition coefficient (Wildman–Crippen LogP) is 2.05. The van der Waals surface area contributed by atoms with Gasteiger partial charge in [-0.3, -0.25) is 5.43 Å². The average molecular weight is 622 g/mol. The first kappa shape index (κ1) is 31.3. The van der Waals surface area contributed by atoms with Gasteiger partial charge < -0.3 is 40.0 Å². The zero-order valence-corrected chi connectivity index (χ0v) is 26.2. The van der Waals surface area contributed by atoms with Crippen molar-refractivity contribution in [2.45, 2.75) is 120 Å². The summed E-state index contributed by atoms with van der Waals surface area (Å²) in [7, 11) is 1.58. The van der Waals surface area contributed by atoms with E-state index >= 15 is 0 Å². The Morgan fingerprint density at radius 1 is 1.19 bits per heavy atom. The second kappa shape index (κ2) is 11.3. The number of aliphatic hydroxyl groups is 3. The van der Waals surface area contributed by atoms with Crippen LogP contribution in [0, 0.1) is 28.6 Å². The van der Waals surface area contributed by atoms with Gasteiger partial charge in [0.1, 0.15) is 12.7 Å². The Kier molecular flexibility index (Phi) is 8.22. The third-order valence-electron chi connectivity index (χ3n) is 12.4. The standard InChI is InChI=1S/C31H47N3O8S/c1-17-26(36)23(39-3)13-25(41-17)42-19-4-9-29(16-33-34-27(32)43)21-5-8-28(2)20(18-12-24(35)40-15-18)7-11-31(28,38)22(21)6-10-30(29,37)14-19/h12,16-17,19-23,25-26,36-38H,4-11,13-15H2,1-3H3,(H3,32,34,43)/b33-16+/t17-,19-,20+,21+,22-,23-,25+,26-,28-,29+,30+,31+/m1/s1. The van der Waals surface area contributed by atoms with Gasteiger partial charge in [0.25, 0.3) is 0 Å². The molecule has 0 aromatic carbocycles. The number of fused-ring (bicyclic) bond motifs is 5. The lowest BCUT2D eigenvalue weighted by atomic mass is 9.41. The summed E-state index contributed by atoms with van der Waals surface area (Å²) in [6, 6.07) is 0. The molecule has 0 amide bonds. The summed E-state index contributed by atoms with van der Waals surface area (Å²) in [5.41, 5.74) is 6.21. The summed E-state index contributed by atoms with van der Waals surface area (Å²) in [5.74, 6) is -0.277. The molecule has 1 saturated heterocycles. The first-order valence-corrected chi connectivity index (χ1v) is 16.2. The van der Waals surface area contributed by atoms with E-state index < -0.39 is 40.5 Å². The number of nitrogens with zero attached hydrogens (tertiary/aromatic N) is 1. The maximum Gasteiger partial charge on any atom is 0.331 e. The highest BCUT2D eigenvalue weighted by Gasteiger charge is 2.71. The topological polar surface area (TPSA) is 165 Å². The Hall–Kier alpha value is -1.67. The normalized spacial score (nSPS) is 49.5. The van der Waals surface area contributed by atoms with Crippen molar-refractivity contribution in [3.05, 3.63) is 11.6 Å². The number of methoxy groups -OCH3 is 1. The van der Waals surface area contributed by atoms with Crippen LogP contribution in [0.15, 0.2) is 16.8 Å². The van der Waals surface area contributed by atoms with Crippen molar-refractivity contribution in [3.8, 4) is 0 Å². The molecular formula is C31H47N3O8S. The van der Waals surface area contributed by atoms with Gasteiger partial charge in [-0.15, -0.1) is 0 Å². The Morgan fingerprint density at radius 3 is 2.65 bits per heavy atom. The molecule has 4 aliphatic carbocycles. The van der Waals surface area contributed by atoms with Crippen molar-refractivity contribution in [2.75, 3.05) is 13.7 Å². The lowest BCUT2D eigenvalue weighted by Gasteiger charge is -2.66. The monoisotopic (exact) mass is 621 g/mol. The number of rotatable bonds is 6. The number of aliphatic hydroxyl groups excluding tert-OH is 1. The molecule has 2 heterocycles.